The van der Waals surface area contributed by atoms with E-state index in [2.05, 4.69) is 11.9 Å². The maximum Gasteiger partial charge on any atom is 0.342 e. The van der Waals surface area contributed by atoms with Crippen molar-refractivity contribution >= 4 is 5.97 Å². The van der Waals surface area contributed by atoms with Crippen LogP contribution in [0.5, 0.6) is 17.2 Å². The van der Waals surface area contributed by atoms with Crippen LogP contribution in [-0.2, 0) is 4.74 Å². The average Bonchev–Trinajstić information content (AvgIpc) is 3.20. The highest BCUT2D eigenvalue weighted by molar-refractivity contribution is 5.98. The van der Waals surface area contributed by atoms with Crippen molar-refractivity contribution in [2.75, 3.05) is 27.5 Å². The molecule has 0 spiro atoms. The molecule has 3 aliphatic heterocycles. The van der Waals surface area contributed by atoms with Crippen molar-refractivity contribution < 1.29 is 28.8 Å². The van der Waals surface area contributed by atoms with Gasteiger partial charge in [-0.2, -0.15) is 0 Å². The molecule has 4 aliphatic rings. The number of carbonyl (C=O) groups is 1. The Morgan fingerprint density at radius 2 is 2.20 bits per heavy atom. The van der Waals surface area contributed by atoms with Gasteiger partial charge in [-0.05, 0) is 25.1 Å². The molecule has 0 saturated carbocycles. The van der Waals surface area contributed by atoms with Gasteiger partial charge < -0.3 is 24.1 Å². The number of likely N-dealkylation sites (tertiary alicyclic amines) is 1. The van der Waals surface area contributed by atoms with E-state index >= 15 is 0 Å². The van der Waals surface area contributed by atoms with E-state index in [1.54, 1.807) is 0 Å². The zero-order chi connectivity index (χ0) is 17.3. The minimum absolute atomic E-state index is 0.0883. The van der Waals surface area contributed by atoms with E-state index in [1.165, 1.54) is 12.7 Å². The van der Waals surface area contributed by atoms with Gasteiger partial charge in [-0.15, -0.1) is 0 Å². The van der Waals surface area contributed by atoms with Crippen LogP contribution in [-0.4, -0.2) is 61.7 Å². The third kappa shape index (κ3) is 1.90. The summed E-state index contributed by atoms with van der Waals surface area (Å²) in [6.45, 7) is 1.01. The Kier molecular flexibility index (Phi) is 3.08. The summed E-state index contributed by atoms with van der Waals surface area (Å²) in [6.07, 6.45) is 1.33. The summed E-state index contributed by atoms with van der Waals surface area (Å²) in [5, 5.41) is 10.5. The number of benzene rings is 1. The lowest BCUT2D eigenvalue weighted by atomic mass is 9.73. The monoisotopic (exact) mass is 345 g/mol. The molecule has 5 rings (SSSR count). The number of ether oxygens (including phenoxy) is 4. The van der Waals surface area contributed by atoms with Crippen molar-refractivity contribution in [3.8, 4) is 17.2 Å². The normalized spacial score (nSPS) is 32.4. The highest BCUT2D eigenvalue weighted by Crippen LogP contribution is 2.53. The third-order valence-electron chi connectivity index (χ3n) is 5.68. The van der Waals surface area contributed by atoms with Crippen LogP contribution in [0.25, 0.3) is 0 Å². The first kappa shape index (κ1) is 15.0. The predicted molar refractivity (Wildman–Crippen MR) is 86.2 cm³/mol. The molecule has 7 heteroatoms. The molecule has 0 bridgehead atoms. The summed E-state index contributed by atoms with van der Waals surface area (Å²) in [6, 6.07) is 1.94. The van der Waals surface area contributed by atoms with E-state index in [0.29, 0.717) is 22.8 Å². The van der Waals surface area contributed by atoms with Gasteiger partial charge >= 0.3 is 5.97 Å². The first-order valence-electron chi connectivity index (χ1n) is 8.40. The van der Waals surface area contributed by atoms with Crippen molar-refractivity contribution in [3.63, 3.8) is 0 Å². The minimum atomic E-state index is -0.809. The van der Waals surface area contributed by atoms with Crippen LogP contribution in [0.4, 0.5) is 0 Å². The van der Waals surface area contributed by atoms with Crippen molar-refractivity contribution in [1.82, 2.24) is 4.90 Å². The van der Waals surface area contributed by atoms with E-state index in [4.69, 9.17) is 18.9 Å². The second-order valence-corrected chi connectivity index (χ2v) is 6.91. The molecule has 7 nitrogen and oxygen atoms in total. The summed E-state index contributed by atoms with van der Waals surface area (Å²) in [5.41, 5.74) is 2.37. The zero-order valence-corrected chi connectivity index (χ0v) is 14.0. The molecule has 1 aromatic carbocycles. The molecule has 132 valence electrons. The highest BCUT2D eigenvalue weighted by Gasteiger charge is 2.51. The van der Waals surface area contributed by atoms with Gasteiger partial charge in [0, 0.05) is 18.5 Å². The number of hydrogen-bond donors (Lipinski definition) is 1. The number of likely N-dealkylation sites (N-methyl/N-ethyl adjacent to an activating group) is 1. The standard InChI is InChI=1S/C18H19NO6/c1-19-4-3-8-5-10(20)15-12(14(8)19)9-6-11-16(24-7-23-11)17(22-2)13(9)18(21)25-15/h5-6,10,12,14-15,20H,3-4,7H2,1-2H3/t10-,12?,14+,15?/m0/s1. The summed E-state index contributed by atoms with van der Waals surface area (Å²) in [5.74, 6) is 0.681. The zero-order valence-electron chi connectivity index (χ0n) is 14.0. The van der Waals surface area contributed by atoms with Gasteiger partial charge in [0.05, 0.1) is 7.11 Å². The van der Waals surface area contributed by atoms with Crippen molar-refractivity contribution in [3.05, 3.63) is 28.8 Å². The van der Waals surface area contributed by atoms with Gasteiger partial charge in [0.1, 0.15) is 17.8 Å². The van der Waals surface area contributed by atoms with Crippen molar-refractivity contribution in [1.29, 1.82) is 0 Å². The third-order valence-corrected chi connectivity index (χ3v) is 5.68. The van der Waals surface area contributed by atoms with E-state index in [9.17, 15) is 9.90 Å². The average molecular weight is 345 g/mol. The summed E-state index contributed by atoms with van der Waals surface area (Å²) in [4.78, 5) is 14.9. The van der Waals surface area contributed by atoms with E-state index in [-0.39, 0.29) is 18.8 Å². The van der Waals surface area contributed by atoms with Crippen LogP contribution in [0, 0.1) is 0 Å². The van der Waals surface area contributed by atoms with Gasteiger partial charge in [0.25, 0.3) is 0 Å². The molecular formula is C18H19NO6. The SMILES string of the molecule is COc1c2c(cc3c1C(=O)OC1C3[C@H]3C(=C[C@@H]1O)CCN3C)OCO2. The number of nitrogens with zero attached hydrogens (tertiary/aromatic N) is 1. The number of rotatable bonds is 1. The molecule has 1 aliphatic carbocycles. The molecule has 2 unspecified atom stereocenters. The van der Waals surface area contributed by atoms with Crippen LogP contribution in [0.3, 0.4) is 0 Å². The Balaban J connectivity index is 1.75. The number of methoxy groups -OCH3 is 1. The molecule has 4 atom stereocenters. The number of hydrogen-bond acceptors (Lipinski definition) is 7. The molecular weight excluding hydrogens is 326 g/mol. The van der Waals surface area contributed by atoms with Crippen LogP contribution in [0.15, 0.2) is 17.7 Å². The predicted octanol–water partition coefficient (Wildman–Crippen LogP) is 1.05. The number of carbonyl (C=O) groups excluding carboxylic acids is 1. The summed E-state index contributed by atoms with van der Waals surface area (Å²) in [7, 11) is 3.56. The van der Waals surface area contributed by atoms with Gasteiger partial charge in [-0.3, -0.25) is 4.90 Å². The van der Waals surface area contributed by atoms with Gasteiger partial charge in [0.2, 0.25) is 12.5 Å². The lowest BCUT2D eigenvalue weighted by Gasteiger charge is -2.43. The second kappa shape index (κ2) is 5.12. The Morgan fingerprint density at radius 3 is 3.00 bits per heavy atom. The Labute approximate surface area is 144 Å². The van der Waals surface area contributed by atoms with E-state index in [1.807, 2.05) is 12.1 Å². The molecule has 1 saturated heterocycles. The molecule has 3 heterocycles. The Hall–Kier alpha value is -2.25. The molecule has 0 aromatic heterocycles. The van der Waals surface area contributed by atoms with Crippen LogP contribution < -0.4 is 14.2 Å². The van der Waals surface area contributed by atoms with Crippen molar-refractivity contribution in [2.45, 2.75) is 30.6 Å². The van der Waals surface area contributed by atoms with Gasteiger partial charge in [-0.1, -0.05) is 11.6 Å². The number of esters is 1. The first-order valence-corrected chi connectivity index (χ1v) is 8.40. The maximum absolute atomic E-state index is 12.7. The van der Waals surface area contributed by atoms with E-state index in [0.717, 1.165) is 18.5 Å². The molecule has 0 amide bonds. The molecule has 1 fully saturated rings. The molecule has 0 radical (unpaired) electrons. The fourth-order valence-electron chi connectivity index (χ4n) is 4.64. The van der Waals surface area contributed by atoms with Gasteiger partial charge in [0.15, 0.2) is 11.5 Å². The first-order chi connectivity index (χ1) is 12.1. The lowest BCUT2D eigenvalue weighted by molar-refractivity contribution is -0.0340. The van der Waals surface area contributed by atoms with Crippen LogP contribution in [0.1, 0.15) is 28.3 Å². The van der Waals surface area contributed by atoms with Crippen LogP contribution >= 0.6 is 0 Å². The topological polar surface area (TPSA) is 77.5 Å². The Morgan fingerprint density at radius 1 is 1.36 bits per heavy atom. The number of aliphatic hydroxyl groups excluding tert-OH is 1. The largest absolute Gasteiger partial charge is 0.492 e. The molecule has 1 aromatic rings. The fourth-order valence-corrected chi connectivity index (χ4v) is 4.64. The second-order valence-electron chi connectivity index (χ2n) is 6.91. The smallest absolute Gasteiger partial charge is 0.342 e. The van der Waals surface area contributed by atoms with E-state index < -0.39 is 18.2 Å². The summed E-state index contributed by atoms with van der Waals surface area (Å²) < 4.78 is 22.1. The molecule has 1 N–H and O–H groups in total. The highest BCUT2D eigenvalue weighted by atomic mass is 16.7. The summed E-state index contributed by atoms with van der Waals surface area (Å²) >= 11 is 0. The quantitative estimate of drug-likeness (QED) is 0.602. The van der Waals surface area contributed by atoms with Gasteiger partial charge in [-0.25, -0.2) is 4.79 Å². The Bertz CT molecular complexity index is 803. The molecule has 25 heavy (non-hydrogen) atoms. The van der Waals surface area contributed by atoms with Crippen molar-refractivity contribution in [2.24, 2.45) is 0 Å². The minimum Gasteiger partial charge on any atom is -0.492 e. The lowest BCUT2D eigenvalue weighted by Crippen LogP contribution is -2.50. The van der Waals surface area contributed by atoms with Crippen LogP contribution in [0.2, 0.25) is 0 Å². The fraction of sp³-hybridized carbons (Fsp3) is 0.500. The maximum atomic E-state index is 12.7. The number of aliphatic hydroxyl groups is 1. The number of fused-ring (bicyclic) bond motifs is 6.